The summed E-state index contributed by atoms with van der Waals surface area (Å²) in [6, 6.07) is 17.3. The molecule has 0 heterocycles. The predicted molar refractivity (Wildman–Crippen MR) is 110 cm³/mol. The fraction of sp³-hybridized carbons (Fsp3) is 0.440. The molecule has 0 atom stereocenters. The van der Waals surface area contributed by atoms with Crippen LogP contribution in [0.3, 0.4) is 0 Å². The minimum absolute atomic E-state index is 0.539. The van der Waals surface area contributed by atoms with Gasteiger partial charge in [-0.15, -0.1) is 0 Å². The van der Waals surface area contributed by atoms with Crippen LogP contribution in [-0.2, 0) is 0 Å². The van der Waals surface area contributed by atoms with Crippen molar-refractivity contribution in [1.82, 2.24) is 0 Å². The molecule has 0 unspecified atom stereocenters. The van der Waals surface area contributed by atoms with Crippen LogP contribution in [0.1, 0.15) is 68.1 Å². The van der Waals surface area contributed by atoms with E-state index in [1.807, 2.05) is 12.1 Å². The Balaban J connectivity index is 1.49. The molecule has 3 rings (SSSR count). The number of hydrogen-bond donors (Lipinski definition) is 0. The Hall–Kier alpha value is -2.20. The first kappa shape index (κ1) is 18.6. The molecule has 1 aliphatic carbocycles. The summed E-state index contributed by atoms with van der Waals surface area (Å²) in [4.78, 5) is 0. The molecule has 136 valence electrons. The average Bonchev–Trinajstić information content (AvgIpc) is 2.69. The van der Waals surface area contributed by atoms with Gasteiger partial charge in [-0.3, -0.25) is 0 Å². The molecule has 1 fully saturated rings. The minimum Gasteiger partial charge on any atom is -0.494 e. The van der Waals surface area contributed by atoms with Crippen molar-refractivity contribution in [3.05, 3.63) is 65.2 Å². The zero-order chi connectivity index (χ0) is 18.2. The topological polar surface area (TPSA) is 9.23 Å². The van der Waals surface area contributed by atoms with Crippen molar-refractivity contribution in [2.45, 2.75) is 58.3 Å². The van der Waals surface area contributed by atoms with Crippen LogP contribution < -0.4 is 4.74 Å². The molecule has 1 heteroatoms. The maximum Gasteiger partial charge on any atom is 0.119 e. The zero-order valence-electron chi connectivity index (χ0n) is 16.1. The minimum atomic E-state index is 0.539. The molecule has 0 aromatic heterocycles. The van der Waals surface area contributed by atoms with Crippen LogP contribution >= 0.6 is 0 Å². The summed E-state index contributed by atoms with van der Waals surface area (Å²) in [5.74, 6) is 9.07. The average molecular weight is 347 g/mol. The first-order chi connectivity index (χ1) is 12.7. The highest BCUT2D eigenvalue weighted by Crippen LogP contribution is 2.35. The molecular weight excluding hydrogens is 316 g/mol. The highest BCUT2D eigenvalue weighted by atomic mass is 16.5. The summed E-state index contributed by atoms with van der Waals surface area (Å²) in [7, 11) is 0. The second-order valence-corrected chi connectivity index (χ2v) is 7.45. The molecule has 1 saturated carbocycles. The first-order valence-corrected chi connectivity index (χ1v) is 10.1. The van der Waals surface area contributed by atoms with E-state index in [9.17, 15) is 0 Å². The van der Waals surface area contributed by atoms with Crippen molar-refractivity contribution < 1.29 is 4.74 Å². The molecule has 0 amide bonds. The third-order valence-corrected chi connectivity index (χ3v) is 5.32. The highest BCUT2D eigenvalue weighted by Gasteiger charge is 2.20. The lowest BCUT2D eigenvalue weighted by Crippen LogP contribution is -2.12. The highest BCUT2D eigenvalue weighted by molar-refractivity contribution is 5.38. The van der Waals surface area contributed by atoms with Crippen molar-refractivity contribution in [2.75, 3.05) is 6.61 Å². The van der Waals surface area contributed by atoms with Gasteiger partial charge >= 0.3 is 0 Å². The number of unbranched alkanes of at least 4 members (excludes halogenated alkanes) is 1. The fourth-order valence-corrected chi connectivity index (χ4v) is 3.56. The quantitative estimate of drug-likeness (QED) is 0.443. The molecule has 0 saturated heterocycles. The summed E-state index contributed by atoms with van der Waals surface area (Å²) in [5.41, 5.74) is 3.93. The monoisotopic (exact) mass is 346 g/mol. The van der Waals surface area contributed by atoms with E-state index in [0.29, 0.717) is 11.8 Å². The lowest BCUT2D eigenvalue weighted by Gasteiger charge is -2.26. The Labute approximate surface area is 158 Å². The van der Waals surface area contributed by atoms with Gasteiger partial charge in [0.25, 0.3) is 0 Å². The van der Waals surface area contributed by atoms with Crippen LogP contribution in [0.15, 0.2) is 48.5 Å². The Kier molecular flexibility index (Phi) is 6.78. The molecular formula is C25H30O. The zero-order valence-corrected chi connectivity index (χ0v) is 16.1. The van der Waals surface area contributed by atoms with E-state index in [1.165, 1.54) is 36.8 Å². The van der Waals surface area contributed by atoms with Gasteiger partial charge in [-0.1, -0.05) is 55.0 Å². The number of ether oxygens (including phenoxy) is 1. The van der Waals surface area contributed by atoms with E-state index in [1.54, 1.807) is 0 Å². The standard InChI is InChI=1S/C25H30O/c1-3-4-19-26-25-17-11-22(12-18-25)8-7-21-9-15-24(16-10-21)23-13-5-20(2)6-14-23/h5-6,11-14,17-18,21,24H,3-4,9-10,15-16,19H2,1-2H3. The van der Waals surface area contributed by atoms with Crippen molar-refractivity contribution in [3.8, 4) is 17.6 Å². The van der Waals surface area contributed by atoms with Gasteiger partial charge in [0.1, 0.15) is 5.75 Å². The fourth-order valence-electron chi connectivity index (χ4n) is 3.56. The number of rotatable bonds is 5. The summed E-state index contributed by atoms with van der Waals surface area (Å²) < 4.78 is 5.71. The van der Waals surface area contributed by atoms with Crippen LogP contribution in [0.2, 0.25) is 0 Å². The van der Waals surface area contributed by atoms with Gasteiger partial charge < -0.3 is 4.74 Å². The molecule has 0 aliphatic heterocycles. The van der Waals surface area contributed by atoms with Crippen LogP contribution in [0.25, 0.3) is 0 Å². The van der Waals surface area contributed by atoms with E-state index in [0.717, 1.165) is 30.8 Å². The van der Waals surface area contributed by atoms with Crippen LogP contribution in [-0.4, -0.2) is 6.61 Å². The Bertz CT molecular complexity index is 722. The van der Waals surface area contributed by atoms with Gasteiger partial charge in [0.05, 0.1) is 6.61 Å². The summed E-state index contributed by atoms with van der Waals surface area (Å²) in [6.45, 7) is 5.13. The predicted octanol–water partition coefficient (Wildman–Crippen LogP) is 6.50. The van der Waals surface area contributed by atoms with Crippen LogP contribution in [0.5, 0.6) is 5.75 Å². The maximum atomic E-state index is 5.71. The normalized spacial score (nSPS) is 19.5. The lowest BCUT2D eigenvalue weighted by molar-refractivity contribution is 0.309. The van der Waals surface area contributed by atoms with E-state index in [-0.39, 0.29) is 0 Å². The van der Waals surface area contributed by atoms with E-state index < -0.39 is 0 Å². The Morgan fingerprint density at radius 1 is 0.923 bits per heavy atom. The van der Waals surface area contributed by atoms with Gasteiger partial charge in [-0.05, 0) is 74.8 Å². The lowest BCUT2D eigenvalue weighted by atomic mass is 9.79. The molecule has 0 N–H and O–H groups in total. The number of hydrogen-bond acceptors (Lipinski definition) is 1. The van der Waals surface area contributed by atoms with Gasteiger partial charge in [-0.25, -0.2) is 0 Å². The Morgan fingerprint density at radius 2 is 1.62 bits per heavy atom. The molecule has 0 radical (unpaired) electrons. The maximum absolute atomic E-state index is 5.71. The molecule has 0 spiro atoms. The van der Waals surface area contributed by atoms with E-state index >= 15 is 0 Å². The summed E-state index contributed by atoms with van der Waals surface area (Å²) in [6.07, 6.45) is 7.20. The second kappa shape index (κ2) is 9.48. The van der Waals surface area contributed by atoms with Crippen molar-refractivity contribution in [3.63, 3.8) is 0 Å². The molecule has 0 bridgehead atoms. The van der Waals surface area contributed by atoms with Crippen molar-refractivity contribution in [2.24, 2.45) is 5.92 Å². The van der Waals surface area contributed by atoms with E-state index in [4.69, 9.17) is 4.74 Å². The summed E-state index contributed by atoms with van der Waals surface area (Å²) >= 11 is 0. The third kappa shape index (κ3) is 5.40. The number of aryl methyl sites for hydroxylation is 1. The summed E-state index contributed by atoms with van der Waals surface area (Å²) in [5, 5.41) is 0. The molecule has 2 aromatic rings. The third-order valence-electron chi connectivity index (χ3n) is 5.32. The van der Waals surface area contributed by atoms with Crippen LogP contribution in [0.4, 0.5) is 0 Å². The van der Waals surface area contributed by atoms with Crippen molar-refractivity contribution in [1.29, 1.82) is 0 Å². The van der Waals surface area contributed by atoms with Crippen LogP contribution in [0, 0.1) is 24.7 Å². The van der Waals surface area contributed by atoms with E-state index in [2.05, 4.69) is 62.1 Å². The molecule has 2 aromatic carbocycles. The van der Waals surface area contributed by atoms with Gasteiger partial charge in [0.15, 0.2) is 0 Å². The van der Waals surface area contributed by atoms with Gasteiger partial charge in [0, 0.05) is 11.5 Å². The second-order valence-electron chi connectivity index (χ2n) is 7.45. The number of benzene rings is 2. The smallest absolute Gasteiger partial charge is 0.119 e. The van der Waals surface area contributed by atoms with Gasteiger partial charge in [-0.2, -0.15) is 0 Å². The molecule has 1 aliphatic rings. The largest absolute Gasteiger partial charge is 0.494 e. The molecule has 1 nitrogen and oxygen atoms in total. The van der Waals surface area contributed by atoms with Gasteiger partial charge in [0.2, 0.25) is 0 Å². The first-order valence-electron chi connectivity index (χ1n) is 10.1. The SMILES string of the molecule is CCCCOc1ccc(C#CC2CCC(c3ccc(C)cc3)CC2)cc1. The van der Waals surface area contributed by atoms with Crippen molar-refractivity contribution >= 4 is 0 Å². The molecule has 26 heavy (non-hydrogen) atoms. The Morgan fingerprint density at radius 3 is 2.27 bits per heavy atom.